The molecule has 1 amide bonds. The topological polar surface area (TPSA) is 113 Å². The van der Waals surface area contributed by atoms with E-state index in [4.69, 9.17) is 0 Å². The SMILES string of the molecule is CCCS(=O)(=O)NC1CCN(C(=O)C(CCSC)NS(=O)(=O)c2ccccc2)CC1. The van der Waals surface area contributed by atoms with Gasteiger partial charge in [-0.2, -0.15) is 16.5 Å². The first-order valence-electron chi connectivity index (χ1n) is 10.0. The first kappa shape index (κ1) is 25.1. The summed E-state index contributed by atoms with van der Waals surface area (Å²) in [6, 6.07) is 6.94. The predicted octanol–water partition coefficient (Wildman–Crippen LogP) is 1.41. The number of nitrogens with zero attached hydrogens (tertiary/aromatic N) is 1. The summed E-state index contributed by atoms with van der Waals surface area (Å²) < 4.78 is 54.6. The van der Waals surface area contributed by atoms with E-state index < -0.39 is 26.1 Å². The van der Waals surface area contributed by atoms with Crippen molar-refractivity contribution in [1.82, 2.24) is 14.3 Å². The van der Waals surface area contributed by atoms with Gasteiger partial charge in [0.1, 0.15) is 6.04 Å². The van der Waals surface area contributed by atoms with Crippen LogP contribution in [0.4, 0.5) is 0 Å². The van der Waals surface area contributed by atoms with Crippen molar-refractivity contribution in [2.24, 2.45) is 0 Å². The van der Waals surface area contributed by atoms with Crippen molar-refractivity contribution in [3.05, 3.63) is 30.3 Å². The summed E-state index contributed by atoms with van der Waals surface area (Å²) >= 11 is 1.54. The minimum atomic E-state index is -3.81. The molecule has 0 aliphatic carbocycles. The van der Waals surface area contributed by atoms with Gasteiger partial charge in [-0.3, -0.25) is 4.79 Å². The summed E-state index contributed by atoms with van der Waals surface area (Å²) in [5.74, 6) is 0.462. The van der Waals surface area contributed by atoms with Crippen LogP contribution in [0.5, 0.6) is 0 Å². The molecule has 1 aliphatic heterocycles. The second kappa shape index (κ2) is 11.5. The van der Waals surface area contributed by atoms with Gasteiger partial charge in [-0.1, -0.05) is 25.1 Å². The van der Waals surface area contributed by atoms with Crippen molar-refractivity contribution in [2.75, 3.05) is 30.9 Å². The molecule has 1 aromatic carbocycles. The Labute approximate surface area is 184 Å². The lowest BCUT2D eigenvalue weighted by atomic mass is 10.0. The average Bonchev–Trinajstić information content (AvgIpc) is 2.71. The third-order valence-corrected chi connectivity index (χ3v) is 8.66. The standard InChI is InChI=1S/C19H31N3O5S3/c1-3-15-29(24,25)20-16-9-12-22(13-10-16)19(23)18(11-14-28-2)21-30(26,27)17-7-5-4-6-8-17/h4-8,16,18,20-21H,3,9-15H2,1-2H3. The van der Waals surface area contributed by atoms with Crippen molar-refractivity contribution >= 4 is 37.7 Å². The maximum absolute atomic E-state index is 13.1. The number of hydrogen-bond donors (Lipinski definition) is 2. The molecule has 170 valence electrons. The normalized spacial score (nSPS) is 17.1. The van der Waals surface area contributed by atoms with Crippen LogP contribution in [0.1, 0.15) is 32.6 Å². The zero-order valence-corrected chi connectivity index (χ0v) is 19.9. The van der Waals surface area contributed by atoms with Crippen molar-refractivity contribution in [3.8, 4) is 0 Å². The summed E-state index contributed by atoms with van der Waals surface area (Å²) in [6.07, 6.45) is 3.85. The number of amides is 1. The van der Waals surface area contributed by atoms with E-state index in [-0.39, 0.29) is 22.6 Å². The maximum atomic E-state index is 13.1. The Hall–Kier alpha value is -1.14. The third kappa shape index (κ3) is 7.52. The lowest BCUT2D eigenvalue weighted by Crippen LogP contribution is -2.53. The number of thioether (sulfide) groups is 1. The molecular formula is C19H31N3O5S3. The Morgan fingerprint density at radius 2 is 1.80 bits per heavy atom. The van der Waals surface area contributed by atoms with E-state index in [1.165, 1.54) is 12.1 Å². The van der Waals surface area contributed by atoms with Crippen LogP contribution in [0.25, 0.3) is 0 Å². The Morgan fingerprint density at radius 3 is 2.37 bits per heavy atom. The van der Waals surface area contributed by atoms with E-state index in [0.29, 0.717) is 44.5 Å². The fraction of sp³-hybridized carbons (Fsp3) is 0.632. The van der Waals surface area contributed by atoms with E-state index in [1.54, 1.807) is 34.9 Å². The maximum Gasteiger partial charge on any atom is 0.241 e. The Morgan fingerprint density at radius 1 is 1.17 bits per heavy atom. The molecule has 1 fully saturated rings. The van der Waals surface area contributed by atoms with Gasteiger partial charge in [0.25, 0.3) is 0 Å². The quantitative estimate of drug-likeness (QED) is 0.498. The Kier molecular flexibility index (Phi) is 9.61. The van der Waals surface area contributed by atoms with E-state index in [9.17, 15) is 21.6 Å². The van der Waals surface area contributed by atoms with Gasteiger partial charge in [-0.15, -0.1) is 0 Å². The van der Waals surface area contributed by atoms with Crippen LogP contribution in [0, 0.1) is 0 Å². The molecule has 8 nitrogen and oxygen atoms in total. The second-order valence-corrected chi connectivity index (χ2v) is 11.9. The van der Waals surface area contributed by atoms with Crippen molar-refractivity contribution < 1.29 is 21.6 Å². The van der Waals surface area contributed by atoms with E-state index in [1.807, 2.05) is 13.2 Å². The van der Waals surface area contributed by atoms with Crippen molar-refractivity contribution in [1.29, 1.82) is 0 Å². The number of sulfonamides is 2. The Bertz CT molecular complexity index is 883. The number of hydrogen-bond acceptors (Lipinski definition) is 6. The molecule has 30 heavy (non-hydrogen) atoms. The molecule has 1 heterocycles. The summed E-state index contributed by atoms with van der Waals surface area (Å²) in [5, 5.41) is 0. The molecule has 0 radical (unpaired) electrons. The minimum Gasteiger partial charge on any atom is -0.341 e. The number of likely N-dealkylation sites (tertiary alicyclic amines) is 1. The summed E-state index contributed by atoms with van der Waals surface area (Å²) in [6.45, 7) is 2.59. The lowest BCUT2D eigenvalue weighted by Gasteiger charge is -2.34. The molecule has 2 N–H and O–H groups in total. The third-order valence-electron chi connectivity index (χ3n) is 4.89. The van der Waals surface area contributed by atoms with Crippen LogP contribution >= 0.6 is 11.8 Å². The molecule has 1 saturated heterocycles. The molecule has 0 saturated carbocycles. The molecular weight excluding hydrogens is 446 g/mol. The van der Waals surface area contributed by atoms with Gasteiger partial charge in [0.15, 0.2) is 0 Å². The highest BCUT2D eigenvalue weighted by atomic mass is 32.2. The monoisotopic (exact) mass is 477 g/mol. The lowest BCUT2D eigenvalue weighted by molar-refractivity contribution is -0.134. The fourth-order valence-corrected chi connectivity index (χ4v) is 6.46. The molecule has 2 rings (SSSR count). The molecule has 0 bridgehead atoms. The van der Waals surface area contributed by atoms with Crippen LogP contribution in [0.15, 0.2) is 35.2 Å². The van der Waals surface area contributed by atoms with Crippen molar-refractivity contribution in [2.45, 2.75) is 49.6 Å². The number of rotatable bonds is 11. The molecule has 0 aromatic heterocycles. The first-order valence-corrected chi connectivity index (χ1v) is 14.6. The van der Waals surface area contributed by atoms with Gasteiger partial charge < -0.3 is 4.90 Å². The van der Waals surface area contributed by atoms with Crippen LogP contribution in [-0.2, 0) is 24.8 Å². The highest BCUT2D eigenvalue weighted by Gasteiger charge is 2.32. The second-order valence-electron chi connectivity index (χ2n) is 7.30. The van der Waals surface area contributed by atoms with Crippen LogP contribution in [0.2, 0.25) is 0 Å². The average molecular weight is 478 g/mol. The largest absolute Gasteiger partial charge is 0.341 e. The molecule has 1 unspecified atom stereocenters. The predicted molar refractivity (Wildman–Crippen MR) is 120 cm³/mol. The van der Waals surface area contributed by atoms with Gasteiger partial charge in [-0.05, 0) is 49.8 Å². The zero-order chi connectivity index (χ0) is 22.2. The van der Waals surface area contributed by atoms with E-state index in [0.717, 1.165) is 0 Å². The summed E-state index contributed by atoms with van der Waals surface area (Å²) in [5.41, 5.74) is 0. The smallest absolute Gasteiger partial charge is 0.241 e. The van der Waals surface area contributed by atoms with Gasteiger partial charge in [-0.25, -0.2) is 21.6 Å². The summed E-state index contributed by atoms with van der Waals surface area (Å²) in [7, 11) is -7.11. The van der Waals surface area contributed by atoms with E-state index in [2.05, 4.69) is 9.44 Å². The molecule has 1 atom stereocenters. The molecule has 1 aliphatic rings. The Balaban J connectivity index is 2.02. The van der Waals surface area contributed by atoms with Gasteiger partial charge in [0.2, 0.25) is 26.0 Å². The number of carbonyl (C=O) groups excluding carboxylic acids is 1. The van der Waals surface area contributed by atoms with Gasteiger partial charge in [0.05, 0.1) is 10.6 Å². The summed E-state index contributed by atoms with van der Waals surface area (Å²) in [4.78, 5) is 14.8. The highest BCUT2D eigenvalue weighted by molar-refractivity contribution is 7.98. The van der Waals surface area contributed by atoms with E-state index >= 15 is 0 Å². The zero-order valence-electron chi connectivity index (χ0n) is 17.4. The minimum absolute atomic E-state index is 0.0875. The van der Waals surface area contributed by atoms with Gasteiger partial charge in [0, 0.05) is 19.1 Å². The van der Waals surface area contributed by atoms with Crippen molar-refractivity contribution in [3.63, 3.8) is 0 Å². The first-order chi connectivity index (χ1) is 14.2. The van der Waals surface area contributed by atoms with Crippen LogP contribution in [-0.4, -0.2) is 70.6 Å². The number of carbonyl (C=O) groups is 1. The number of nitrogens with one attached hydrogen (secondary N) is 2. The number of piperidine rings is 1. The fourth-order valence-electron chi connectivity index (χ4n) is 3.34. The molecule has 0 spiro atoms. The molecule has 1 aromatic rings. The van der Waals surface area contributed by atoms with Crippen LogP contribution < -0.4 is 9.44 Å². The van der Waals surface area contributed by atoms with Gasteiger partial charge >= 0.3 is 0 Å². The van der Waals surface area contributed by atoms with Crippen LogP contribution in [0.3, 0.4) is 0 Å². The molecule has 11 heteroatoms. The number of benzene rings is 1. The highest BCUT2D eigenvalue weighted by Crippen LogP contribution is 2.16.